The summed E-state index contributed by atoms with van der Waals surface area (Å²) < 4.78 is 7.31. The molecule has 40 heavy (non-hydrogen) atoms. The number of likely N-dealkylation sites (tertiary alicyclic amines) is 2. The summed E-state index contributed by atoms with van der Waals surface area (Å²) in [6, 6.07) is 7.63. The Balaban J connectivity index is 1.28. The number of ether oxygens (including phenoxy) is 1. The minimum absolute atomic E-state index is 0.00436. The highest BCUT2D eigenvalue weighted by atomic mass is 16.6. The van der Waals surface area contributed by atoms with Gasteiger partial charge in [0.2, 0.25) is 5.91 Å². The molecular weight excluding hydrogens is 510 g/mol. The SMILES string of the molecule is NC(N)=C(/C=C(\N)c1ccccc1OC(=O)N1CCC(N2CCCCC2)CC1)n1cc(N2CCNCC2=O)cn1. The molecule has 0 radical (unpaired) electrons. The Morgan fingerprint density at radius 1 is 1.02 bits per heavy atom. The molecular formula is C28H39N9O3. The van der Waals surface area contributed by atoms with Crippen molar-refractivity contribution in [1.82, 2.24) is 24.9 Å². The van der Waals surface area contributed by atoms with Gasteiger partial charge in [-0.25, -0.2) is 9.48 Å². The maximum atomic E-state index is 13.1. The van der Waals surface area contributed by atoms with Gasteiger partial charge in [0.1, 0.15) is 17.3 Å². The van der Waals surface area contributed by atoms with Gasteiger partial charge < -0.3 is 42.0 Å². The third-order valence-corrected chi connectivity index (χ3v) is 7.83. The lowest BCUT2D eigenvalue weighted by atomic mass is 10.0. The van der Waals surface area contributed by atoms with Gasteiger partial charge in [-0.3, -0.25) is 4.79 Å². The quantitative estimate of drug-likeness (QED) is 0.389. The molecule has 0 saturated carbocycles. The Hall–Kier alpha value is -4.03. The zero-order valence-corrected chi connectivity index (χ0v) is 22.8. The fourth-order valence-electron chi connectivity index (χ4n) is 5.62. The van der Waals surface area contributed by atoms with Crippen LogP contribution in [0.3, 0.4) is 0 Å². The van der Waals surface area contributed by atoms with Crippen molar-refractivity contribution >= 4 is 29.1 Å². The van der Waals surface area contributed by atoms with Crippen molar-refractivity contribution in [3.63, 3.8) is 0 Å². The molecule has 0 unspecified atom stereocenters. The Morgan fingerprint density at radius 2 is 1.77 bits per heavy atom. The highest BCUT2D eigenvalue weighted by molar-refractivity contribution is 5.95. The van der Waals surface area contributed by atoms with E-state index in [0.29, 0.717) is 60.6 Å². The van der Waals surface area contributed by atoms with Crippen molar-refractivity contribution in [1.29, 1.82) is 0 Å². The Kier molecular flexibility index (Phi) is 8.56. The lowest BCUT2D eigenvalue weighted by molar-refractivity contribution is -0.118. The number of rotatable bonds is 6. The van der Waals surface area contributed by atoms with E-state index in [-0.39, 0.29) is 24.4 Å². The first-order chi connectivity index (χ1) is 19.4. The maximum Gasteiger partial charge on any atom is 0.415 e. The molecule has 0 atom stereocenters. The van der Waals surface area contributed by atoms with Gasteiger partial charge in [-0.2, -0.15) is 5.10 Å². The predicted octanol–water partition coefficient (Wildman–Crippen LogP) is 1.31. The molecule has 2 aromatic rings. The molecule has 214 valence electrons. The molecule has 0 spiro atoms. The summed E-state index contributed by atoms with van der Waals surface area (Å²) >= 11 is 0. The van der Waals surface area contributed by atoms with Crippen LogP contribution in [0.5, 0.6) is 5.75 Å². The first-order valence-electron chi connectivity index (χ1n) is 14.0. The smallest absolute Gasteiger partial charge is 0.409 e. The summed E-state index contributed by atoms with van der Waals surface area (Å²) in [7, 11) is 0. The van der Waals surface area contributed by atoms with E-state index >= 15 is 0 Å². The van der Waals surface area contributed by atoms with Crippen molar-refractivity contribution in [3.05, 3.63) is 54.1 Å². The number of carbonyl (C=O) groups is 2. The summed E-state index contributed by atoms with van der Waals surface area (Å²) in [5.41, 5.74) is 20.3. The number of allylic oxidation sites excluding steroid dienone is 2. The molecule has 2 amide bonds. The zero-order chi connectivity index (χ0) is 28.1. The topological polar surface area (TPSA) is 161 Å². The molecule has 12 heteroatoms. The van der Waals surface area contributed by atoms with E-state index in [0.717, 1.165) is 25.9 Å². The number of hydrogen-bond donors (Lipinski definition) is 4. The van der Waals surface area contributed by atoms with Crippen LogP contribution in [0, 0.1) is 0 Å². The molecule has 0 aliphatic carbocycles. The average Bonchev–Trinajstić information content (AvgIpc) is 3.46. The Bertz CT molecular complexity index is 1270. The number of benzene rings is 1. The summed E-state index contributed by atoms with van der Waals surface area (Å²) in [5.74, 6) is 0.302. The molecule has 7 N–H and O–H groups in total. The van der Waals surface area contributed by atoms with Gasteiger partial charge in [0.25, 0.3) is 0 Å². The maximum absolute atomic E-state index is 13.1. The first-order valence-corrected chi connectivity index (χ1v) is 14.0. The number of hydrogen-bond acceptors (Lipinski definition) is 9. The zero-order valence-electron chi connectivity index (χ0n) is 22.8. The molecule has 12 nitrogen and oxygen atoms in total. The van der Waals surface area contributed by atoms with Crippen molar-refractivity contribution in [2.24, 2.45) is 17.2 Å². The van der Waals surface area contributed by atoms with Crippen LogP contribution in [-0.2, 0) is 4.79 Å². The van der Waals surface area contributed by atoms with Crippen LogP contribution in [0.15, 0.2) is 48.6 Å². The molecule has 0 bridgehead atoms. The predicted molar refractivity (Wildman–Crippen MR) is 154 cm³/mol. The molecule has 5 rings (SSSR count). The van der Waals surface area contributed by atoms with Crippen LogP contribution in [0.2, 0.25) is 0 Å². The first kappa shape index (κ1) is 27.5. The van der Waals surface area contributed by atoms with Crippen molar-refractivity contribution in [2.45, 2.75) is 38.1 Å². The second-order valence-corrected chi connectivity index (χ2v) is 10.5. The van der Waals surface area contributed by atoms with Crippen LogP contribution in [0.1, 0.15) is 37.7 Å². The number of amides is 2. The largest absolute Gasteiger partial charge is 0.415 e. The lowest BCUT2D eigenvalue weighted by Crippen LogP contribution is -2.48. The number of anilines is 1. The minimum atomic E-state index is -0.385. The van der Waals surface area contributed by atoms with E-state index in [1.165, 1.54) is 23.9 Å². The minimum Gasteiger partial charge on any atom is -0.409 e. The fourth-order valence-corrected chi connectivity index (χ4v) is 5.62. The number of aromatic nitrogens is 2. The van der Waals surface area contributed by atoms with Crippen molar-refractivity contribution in [3.8, 4) is 5.75 Å². The number of para-hydroxylation sites is 1. The van der Waals surface area contributed by atoms with Gasteiger partial charge >= 0.3 is 6.09 Å². The second-order valence-electron chi connectivity index (χ2n) is 10.5. The van der Waals surface area contributed by atoms with Crippen molar-refractivity contribution < 1.29 is 14.3 Å². The third-order valence-electron chi connectivity index (χ3n) is 7.83. The van der Waals surface area contributed by atoms with E-state index in [9.17, 15) is 9.59 Å². The van der Waals surface area contributed by atoms with E-state index in [2.05, 4.69) is 15.3 Å². The standard InChI is InChI=1S/C28H39N9O3/c29-23(16-24(27(30)31)37-19-21(17-33-37)36-15-10-32-18-26(36)38)22-6-2-3-7-25(22)40-28(39)35-13-8-20(9-14-35)34-11-4-1-5-12-34/h2-3,6-7,16-17,19-20,32H,1,4-5,8-15,18,29-31H2/b23-16-. The van der Waals surface area contributed by atoms with Gasteiger partial charge in [-0.15, -0.1) is 0 Å². The number of nitrogens with zero attached hydrogens (tertiary/aromatic N) is 5. The fraction of sp³-hybridized carbons (Fsp3) is 0.464. The van der Waals surface area contributed by atoms with Gasteiger partial charge in [0, 0.05) is 43.5 Å². The summed E-state index contributed by atoms with van der Waals surface area (Å²) in [5, 5.41) is 7.40. The monoisotopic (exact) mass is 549 g/mol. The summed E-state index contributed by atoms with van der Waals surface area (Å²) in [6.45, 7) is 5.15. The number of nitrogens with two attached hydrogens (primary N) is 3. The number of nitrogens with one attached hydrogen (secondary N) is 1. The van der Waals surface area contributed by atoms with Crippen LogP contribution >= 0.6 is 0 Å². The molecule has 3 aliphatic heterocycles. The summed E-state index contributed by atoms with van der Waals surface area (Å²) in [6.07, 6.45) is 10.2. The highest BCUT2D eigenvalue weighted by Crippen LogP contribution is 2.27. The molecule has 3 aliphatic rings. The molecule has 4 heterocycles. The van der Waals surface area contributed by atoms with Crippen LogP contribution in [0.4, 0.5) is 10.5 Å². The number of piperidine rings is 2. The van der Waals surface area contributed by atoms with E-state index in [1.54, 1.807) is 46.5 Å². The normalized spacial score (nSPS) is 19.5. The molecule has 3 fully saturated rings. The van der Waals surface area contributed by atoms with E-state index in [4.69, 9.17) is 21.9 Å². The molecule has 3 saturated heterocycles. The highest BCUT2D eigenvalue weighted by Gasteiger charge is 2.29. The molecule has 1 aromatic heterocycles. The Labute approximate surface area is 234 Å². The van der Waals surface area contributed by atoms with Gasteiger partial charge in [0.15, 0.2) is 0 Å². The Morgan fingerprint density at radius 3 is 2.50 bits per heavy atom. The molecule has 1 aromatic carbocycles. The summed E-state index contributed by atoms with van der Waals surface area (Å²) in [4.78, 5) is 31.4. The average molecular weight is 550 g/mol. The number of carbonyl (C=O) groups excluding carboxylic acids is 2. The van der Waals surface area contributed by atoms with Gasteiger partial charge in [0.05, 0.1) is 24.6 Å². The van der Waals surface area contributed by atoms with Gasteiger partial charge in [-0.05, 0) is 57.0 Å². The van der Waals surface area contributed by atoms with Crippen LogP contribution in [-0.4, -0.2) is 83.4 Å². The van der Waals surface area contributed by atoms with Crippen LogP contribution < -0.4 is 32.2 Å². The number of piperazine rings is 1. The van der Waals surface area contributed by atoms with Gasteiger partial charge in [-0.1, -0.05) is 18.6 Å². The third kappa shape index (κ3) is 6.23. The lowest BCUT2D eigenvalue weighted by Gasteiger charge is -2.39. The van der Waals surface area contributed by atoms with E-state index in [1.807, 2.05) is 6.07 Å². The second kappa shape index (κ2) is 12.4. The van der Waals surface area contributed by atoms with E-state index < -0.39 is 0 Å². The van der Waals surface area contributed by atoms with Crippen molar-refractivity contribution in [2.75, 3.05) is 50.7 Å². The van der Waals surface area contributed by atoms with Crippen LogP contribution in [0.25, 0.3) is 11.4 Å².